The quantitative estimate of drug-likeness (QED) is 0.760. The van der Waals surface area contributed by atoms with Crippen molar-refractivity contribution in [2.24, 2.45) is 12.5 Å². The molecule has 1 aliphatic heterocycles. The second-order valence-electron chi connectivity index (χ2n) is 7.27. The summed E-state index contributed by atoms with van der Waals surface area (Å²) in [7, 11) is 1.75. The number of esters is 1. The van der Waals surface area contributed by atoms with Gasteiger partial charge in [-0.05, 0) is 50.3 Å². The summed E-state index contributed by atoms with van der Waals surface area (Å²) in [5, 5.41) is 4.09. The van der Waals surface area contributed by atoms with Crippen molar-refractivity contribution in [2.75, 3.05) is 19.7 Å². The maximum absolute atomic E-state index is 13.0. The van der Waals surface area contributed by atoms with Gasteiger partial charge in [-0.25, -0.2) is 0 Å². The van der Waals surface area contributed by atoms with Crippen molar-refractivity contribution >= 4 is 11.9 Å². The summed E-state index contributed by atoms with van der Waals surface area (Å²) in [4.78, 5) is 27.7. The minimum absolute atomic E-state index is 0.0897. The summed E-state index contributed by atoms with van der Waals surface area (Å²) >= 11 is 0. The van der Waals surface area contributed by atoms with E-state index in [4.69, 9.17) is 4.74 Å². The maximum Gasteiger partial charge on any atom is 0.314 e. The molecule has 1 atom stereocenters. The van der Waals surface area contributed by atoms with Crippen molar-refractivity contribution in [3.8, 4) is 0 Å². The van der Waals surface area contributed by atoms with Gasteiger partial charge in [0, 0.05) is 26.3 Å². The number of aromatic nitrogens is 2. The van der Waals surface area contributed by atoms with Crippen LogP contribution in [0.3, 0.4) is 0 Å². The summed E-state index contributed by atoms with van der Waals surface area (Å²) in [5.74, 6) is -0.302. The van der Waals surface area contributed by atoms with Gasteiger partial charge in [-0.2, -0.15) is 5.10 Å². The van der Waals surface area contributed by atoms with Crippen molar-refractivity contribution in [1.82, 2.24) is 14.7 Å². The van der Waals surface area contributed by atoms with Gasteiger partial charge in [0.25, 0.3) is 5.91 Å². The van der Waals surface area contributed by atoms with Gasteiger partial charge < -0.3 is 9.64 Å². The van der Waals surface area contributed by atoms with E-state index in [0.717, 1.165) is 24.0 Å². The fourth-order valence-corrected chi connectivity index (χ4v) is 3.89. The van der Waals surface area contributed by atoms with Crippen LogP contribution in [-0.2, 0) is 23.0 Å². The molecule has 0 spiro atoms. The number of carbonyl (C=O) groups excluding carboxylic acids is 2. The molecule has 3 rings (SSSR count). The van der Waals surface area contributed by atoms with Crippen molar-refractivity contribution in [3.05, 3.63) is 53.3 Å². The van der Waals surface area contributed by atoms with Gasteiger partial charge in [-0.3, -0.25) is 14.3 Å². The first-order chi connectivity index (χ1) is 13.0. The Hall–Kier alpha value is -2.63. The molecule has 1 amide bonds. The highest BCUT2D eigenvalue weighted by atomic mass is 16.5. The monoisotopic (exact) mass is 369 g/mol. The van der Waals surface area contributed by atoms with E-state index >= 15 is 0 Å². The fraction of sp³-hybridized carbons (Fsp3) is 0.476. The summed E-state index contributed by atoms with van der Waals surface area (Å²) in [5.41, 5.74) is 2.09. The molecule has 0 N–H and O–H groups in total. The van der Waals surface area contributed by atoms with E-state index in [1.807, 2.05) is 19.1 Å². The van der Waals surface area contributed by atoms with E-state index in [-0.39, 0.29) is 11.9 Å². The number of ether oxygens (including phenoxy) is 1. The van der Waals surface area contributed by atoms with Crippen LogP contribution in [0.25, 0.3) is 0 Å². The third-order valence-corrected chi connectivity index (χ3v) is 5.40. The van der Waals surface area contributed by atoms with Crippen molar-refractivity contribution in [1.29, 1.82) is 0 Å². The van der Waals surface area contributed by atoms with Crippen LogP contribution in [0.2, 0.25) is 0 Å². The number of benzene rings is 1. The zero-order valence-corrected chi connectivity index (χ0v) is 16.3. The lowest BCUT2D eigenvalue weighted by Gasteiger charge is -2.41. The second kappa shape index (κ2) is 7.94. The smallest absolute Gasteiger partial charge is 0.314 e. The average Bonchev–Trinajstić information content (AvgIpc) is 3.09. The van der Waals surface area contributed by atoms with Crippen LogP contribution in [0.5, 0.6) is 0 Å². The van der Waals surface area contributed by atoms with Gasteiger partial charge in [0.05, 0.1) is 12.0 Å². The number of amides is 1. The third-order valence-electron chi connectivity index (χ3n) is 5.40. The first-order valence-electron chi connectivity index (χ1n) is 9.46. The molecule has 1 aromatic carbocycles. The second-order valence-corrected chi connectivity index (χ2v) is 7.27. The molecule has 0 radical (unpaired) electrons. The van der Waals surface area contributed by atoms with Gasteiger partial charge in [-0.1, -0.05) is 24.3 Å². The largest absolute Gasteiger partial charge is 0.466 e. The predicted octanol–water partition coefficient (Wildman–Crippen LogP) is 2.76. The molecule has 1 aliphatic rings. The molecule has 6 heteroatoms. The molecule has 2 heterocycles. The van der Waals surface area contributed by atoms with E-state index in [1.165, 1.54) is 0 Å². The minimum Gasteiger partial charge on any atom is -0.466 e. The Bertz CT molecular complexity index is 830. The third kappa shape index (κ3) is 3.89. The number of hydrogen-bond donors (Lipinski definition) is 0. The van der Waals surface area contributed by atoms with E-state index < -0.39 is 5.41 Å². The normalized spacial score (nSPS) is 19.7. The van der Waals surface area contributed by atoms with Crippen LogP contribution >= 0.6 is 0 Å². The maximum atomic E-state index is 13.0. The molecule has 1 saturated heterocycles. The summed E-state index contributed by atoms with van der Waals surface area (Å²) in [6.07, 6.45) is 3.68. The molecule has 0 bridgehead atoms. The van der Waals surface area contributed by atoms with Crippen molar-refractivity contribution in [3.63, 3.8) is 0 Å². The highest BCUT2D eigenvalue weighted by Gasteiger charge is 2.45. The Morgan fingerprint density at radius 3 is 2.70 bits per heavy atom. The van der Waals surface area contributed by atoms with Crippen LogP contribution in [0.4, 0.5) is 0 Å². The van der Waals surface area contributed by atoms with Crippen molar-refractivity contribution in [2.45, 2.75) is 33.1 Å². The van der Waals surface area contributed by atoms with E-state index in [2.05, 4.69) is 24.2 Å². The minimum atomic E-state index is -0.714. The molecule has 2 aromatic rings. The lowest BCUT2D eigenvalue weighted by Crippen LogP contribution is -2.52. The standard InChI is InChI=1S/C21H27N3O3/c1-4-27-20(26)21(14-17-9-6-5-8-16(17)2)11-7-13-24(15-21)19(25)18-10-12-22-23(18)3/h5-6,8-10,12H,4,7,11,13-15H2,1-3H3/t21-/m1/s1. The Kier molecular flexibility index (Phi) is 5.63. The average molecular weight is 369 g/mol. The SMILES string of the molecule is CCOC(=O)[C@@]1(Cc2ccccc2C)CCCN(C(=O)c2ccnn2C)C1. The first kappa shape index (κ1) is 19.1. The highest BCUT2D eigenvalue weighted by Crippen LogP contribution is 2.36. The molecule has 144 valence electrons. The van der Waals surface area contributed by atoms with E-state index in [1.54, 1.807) is 28.9 Å². The lowest BCUT2D eigenvalue weighted by molar-refractivity contribution is -0.158. The predicted molar refractivity (Wildman–Crippen MR) is 102 cm³/mol. The topological polar surface area (TPSA) is 64.4 Å². The Balaban J connectivity index is 1.90. The number of nitrogens with zero attached hydrogens (tertiary/aromatic N) is 3. The number of carbonyl (C=O) groups is 2. The van der Waals surface area contributed by atoms with Gasteiger partial charge in [0.15, 0.2) is 0 Å². The Morgan fingerprint density at radius 1 is 1.26 bits per heavy atom. The lowest BCUT2D eigenvalue weighted by atomic mass is 9.74. The zero-order chi connectivity index (χ0) is 19.4. The Labute approximate surface area is 160 Å². The number of piperidine rings is 1. The number of aryl methyl sites for hydroxylation is 2. The van der Waals surface area contributed by atoms with Gasteiger partial charge >= 0.3 is 5.97 Å². The van der Waals surface area contributed by atoms with Crippen molar-refractivity contribution < 1.29 is 14.3 Å². The summed E-state index contributed by atoms with van der Waals surface area (Å²) in [6, 6.07) is 9.80. The number of likely N-dealkylation sites (tertiary alicyclic amines) is 1. The number of rotatable bonds is 5. The van der Waals surface area contributed by atoms with E-state index in [9.17, 15) is 9.59 Å². The molecule has 6 nitrogen and oxygen atoms in total. The molecule has 0 unspecified atom stereocenters. The highest BCUT2D eigenvalue weighted by molar-refractivity contribution is 5.93. The van der Waals surface area contributed by atoms with Crippen LogP contribution < -0.4 is 0 Å². The number of hydrogen-bond acceptors (Lipinski definition) is 4. The van der Waals surface area contributed by atoms with Gasteiger partial charge in [-0.15, -0.1) is 0 Å². The molecule has 1 aromatic heterocycles. The van der Waals surface area contributed by atoms with E-state index in [0.29, 0.717) is 31.8 Å². The van der Waals surface area contributed by atoms with Crippen LogP contribution in [0.1, 0.15) is 41.4 Å². The van der Waals surface area contributed by atoms with Crippen LogP contribution in [0, 0.1) is 12.3 Å². The molecule has 0 saturated carbocycles. The molecule has 1 fully saturated rings. The van der Waals surface area contributed by atoms with Crippen LogP contribution in [-0.4, -0.2) is 46.3 Å². The summed E-state index contributed by atoms with van der Waals surface area (Å²) < 4.78 is 7.02. The Morgan fingerprint density at radius 2 is 2.04 bits per heavy atom. The molecule has 0 aliphatic carbocycles. The molecule has 27 heavy (non-hydrogen) atoms. The van der Waals surface area contributed by atoms with Gasteiger partial charge in [0.1, 0.15) is 5.69 Å². The summed E-state index contributed by atoms with van der Waals surface area (Å²) in [6.45, 7) is 5.21. The molecular formula is C21H27N3O3. The fourth-order valence-electron chi connectivity index (χ4n) is 3.89. The van der Waals surface area contributed by atoms with Crippen LogP contribution in [0.15, 0.2) is 36.5 Å². The van der Waals surface area contributed by atoms with Gasteiger partial charge in [0.2, 0.25) is 0 Å². The first-order valence-corrected chi connectivity index (χ1v) is 9.46. The molecular weight excluding hydrogens is 342 g/mol. The zero-order valence-electron chi connectivity index (χ0n) is 16.3.